The number of rotatable bonds is 5. The van der Waals surface area contributed by atoms with Gasteiger partial charge in [0.2, 0.25) is 20.0 Å². The lowest BCUT2D eigenvalue weighted by Crippen LogP contribution is -2.26. The monoisotopic (exact) mass is 330 g/mol. The van der Waals surface area contributed by atoms with Crippen LogP contribution < -0.4 is 5.14 Å². The van der Waals surface area contributed by atoms with Gasteiger partial charge in [-0.05, 0) is 36.4 Å². The van der Waals surface area contributed by atoms with Gasteiger partial charge in [-0.2, -0.15) is 4.31 Å². The van der Waals surface area contributed by atoms with Gasteiger partial charge < -0.3 is 4.42 Å². The van der Waals surface area contributed by atoms with Crippen molar-refractivity contribution in [1.82, 2.24) is 4.31 Å². The number of primary sulfonamides is 1. The van der Waals surface area contributed by atoms with E-state index in [1.54, 1.807) is 12.1 Å². The summed E-state index contributed by atoms with van der Waals surface area (Å²) in [6, 6.07) is 8.04. The van der Waals surface area contributed by atoms with E-state index in [1.807, 2.05) is 0 Å². The van der Waals surface area contributed by atoms with Gasteiger partial charge in [-0.15, -0.1) is 0 Å². The predicted octanol–water partition coefficient (Wildman–Crippen LogP) is 0.748. The van der Waals surface area contributed by atoms with Crippen molar-refractivity contribution < 1.29 is 21.3 Å². The molecule has 2 N–H and O–H groups in total. The second kappa shape index (κ2) is 5.60. The molecule has 1 heterocycles. The lowest BCUT2D eigenvalue weighted by Gasteiger charge is -2.16. The van der Waals surface area contributed by atoms with Crippen LogP contribution in [0.5, 0.6) is 0 Å². The van der Waals surface area contributed by atoms with Crippen molar-refractivity contribution in [2.45, 2.75) is 16.3 Å². The Morgan fingerprint density at radius 1 is 1.05 bits per heavy atom. The maximum atomic E-state index is 12.3. The molecule has 0 aliphatic carbocycles. The largest absolute Gasteiger partial charge is 0.468 e. The summed E-state index contributed by atoms with van der Waals surface area (Å²) < 4.78 is 53.1. The number of benzene rings is 1. The van der Waals surface area contributed by atoms with Crippen LogP contribution in [0.2, 0.25) is 0 Å². The van der Waals surface area contributed by atoms with Crippen molar-refractivity contribution in [3.8, 4) is 0 Å². The number of hydrogen-bond donors (Lipinski definition) is 1. The van der Waals surface area contributed by atoms with E-state index in [1.165, 1.54) is 25.4 Å². The third-order valence-electron chi connectivity index (χ3n) is 2.82. The number of nitrogens with zero attached hydrogens (tertiary/aromatic N) is 1. The van der Waals surface area contributed by atoms with Crippen LogP contribution in [-0.4, -0.2) is 28.2 Å². The van der Waals surface area contributed by atoms with E-state index in [4.69, 9.17) is 9.56 Å². The minimum absolute atomic E-state index is 0.0241. The van der Waals surface area contributed by atoms with Gasteiger partial charge in [-0.1, -0.05) is 0 Å². The summed E-state index contributed by atoms with van der Waals surface area (Å²) in [6.45, 7) is 0.0757. The smallest absolute Gasteiger partial charge is 0.243 e. The Kier molecular flexibility index (Phi) is 4.19. The molecule has 9 heteroatoms. The van der Waals surface area contributed by atoms with Crippen molar-refractivity contribution in [2.75, 3.05) is 7.05 Å². The number of hydrogen-bond acceptors (Lipinski definition) is 5. The van der Waals surface area contributed by atoms with Crippen molar-refractivity contribution in [2.24, 2.45) is 5.14 Å². The summed E-state index contributed by atoms with van der Waals surface area (Å²) in [4.78, 5) is -0.168. The highest BCUT2D eigenvalue weighted by Gasteiger charge is 2.22. The minimum Gasteiger partial charge on any atom is -0.468 e. The van der Waals surface area contributed by atoms with Crippen molar-refractivity contribution in [3.05, 3.63) is 48.4 Å². The van der Waals surface area contributed by atoms with Crippen molar-refractivity contribution in [1.29, 1.82) is 0 Å². The third kappa shape index (κ3) is 3.50. The van der Waals surface area contributed by atoms with Crippen LogP contribution in [0.15, 0.2) is 56.9 Å². The number of sulfonamides is 2. The molecule has 0 radical (unpaired) electrons. The fraction of sp³-hybridized carbons (Fsp3) is 0.167. The molecule has 0 spiro atoms. The van der Waals surface area contributed by atoms with Gasteiger partial charge in [0.1, 0.15) is 5.76 Å². The average Bonchev–Trinajstić information content (AvgIpc) is 2.90. The van der Waals surface area contributed by atoms with E-state index >= 15 is 0 Å². The van der Waals surface area contributed by atoms with E-state index in [-0.39, 0.29) is 16.3 Å². The zero-order chi connectivity index (χ0) is 15.7. The highest BCUT2D eigenvalue weighted by molar-refractivity contribution is 7.89. The molecule has 0 amide bonds. The first kappa shape index (κ1) is 15.7. The Balaban J connectivity index is 2.27. The maximum Gasteiger partial charge on any atom is 0.243 e. The Hall–Kier alpha value is -1.68. The molecule has 0 aliphatic rings. The predicted molar refractivity (Wildman–Crippen MR) is 75.2 cm³/mol. The number of furan rings is 1. The van der Waals surface area contributed by atoms with Gasteiger partial charge in [0.15, 0.2) is 0 Å². The maximum absolute atomic E-state index is 12.3. The quantitative estimate of drug-likeness (QED) is 0.869. The molecule has 7 nitrogen and oxygen atoms in total. The normalized spacial score (nSPS) is 12.7. The van der Waals surface area contributed by atoms with Gasteiger partial charge in [-0.3, -0.25) is 0 Å². The highest BCUT2D eigenvalue weighted by atomic mass is 32.2. The van der Waals surface area contributed by atoms with E-state index < -0.39 is 20.0 Å². The lowest BCUT2D eigenvalue weighted by atomic mass is 10.4. The van der Waals surface area contributed by atoms with Gasteiger partial charge in [0.25, 0.3) is 0 Å². The van der Waals surface area contributed by atoms with Crippen LogP contribution in [0.25, 0.3) is 0 Å². The van der Waals surface area contributed by atoms with Gasteiger partial charge in [0.05, 0.1) is 22.6 Å². The van der Waals surface area contributed by atoms with Gasteiger partial charge in [0, 0.05) is 7.05 Å². The van der Waals surface area contributed by atoms with E-state index in [0.29, 0.717) is 5.76 Å². The zero-order valence-corrected chi connectivity index (χ0v) is 12.8. The summed E-state index contributed by atoms with van der Waals surface area (Å²) in [5.74, 6) is 0.502. The molecule has 0 atom stereocenters. The SMILES string of the molecule is CN(Cc1ccco1)S(=O)(=O)c1ccc(S(N)(=O)=O)cc1. The van der Waals surface area contributed by atoms with Crippen LogP contribution >= 0.6 is 0 Å². The fourth-order valence-corrected chi connectivity index (χ4v) is 3.34. The summed E-state index contributed by atoms with van der Waals surface area (Å²) >= 11 is 0. The van der Waals surface area contributed by atoms with Crippen LogP contribution in [-0.2, 0) is 26.6 Å². The standard InChI is InChI=1S/C12H14N2O5S2/c1-14(9-10-3-2-8-19-10)21(17,18)12-6-4-11(5-7-12)20(13,15)16/h2-8H,9H2,1H3,(H2,13,15,16). The Labute approximate surface area is 123 Å². The molecular weight excluding hydrogens is 316 g/mol. The molecule has 0 saturated carbocycles. The molecule has 114 valence electrons. The molecule has 0 bridgehead atoms. The van der Waals surface area contributed by atoms with E-state index in [2.05, 4.69) is 0 Å². The summed E-state index contributed by atoms with van der Waals surface area (Å²) in [7, 11) is -6.18. The zero-order valence-electron chi connectivity index (χ0n) is 11.1. The number of nitrogens with two attached hydrogens (primary N) is 1. The van der Waals surface area contributed by atoms with Crippen LogP contribution in [0.1, 0.15) is 5.76 Å². The summed E-state index contributed by atoms with van der Waals surface area (Å²) in [5, 5.41) is 4.97. The van der Waals surface area contributed by atoms with Gasteiger partial charge >= 0.3 is 0 Å². The molecular formula is C12H14N2O5S2. The average molecular weight is 330 g/mol. The molecule has 0 fully saturated rings. The van der Waals surface area contributed by atoms with Crippen LogP contribution in [0.4, 0.5) is 0 Å². The second-order valence-corrected chi connectivity index (χ2v) is 7.96. The molecule has 0 unspecified atom stereocenters. The second-order valence-electron chi connectivity index (χ2n) is 4.36. The van der Waals surface area contributed by atoms with Gasteiger partial charge in [-0.25, -0.2) is 22.0 Å². The first-order valence-corrected chi connectivity index (χ1v) is 8.81. The first-order valence-electron chi connectivity index (χ1n) is 5.83. The first-order chi connectivity index (χ1) is 9.71. The van der Waals surface area contributed by atoms with E-state index in [0.717, 1.165) is 16.4 Å². The lowest BCUT2D eigenvalue weighted by molar-refractivity contribution is 0.406. The molecule has 1 aromatic carbocycles. The third-order valence-corrected chi connectivity index (χ3v) is 5.57. The van der Waals surface area contributed by atoms with Crippen molar-refractivity contribution >= 4 is 20.0 Å². The highest BCUT2D eigenvalue weighted by Crippen LogP contribution is 2.18. The summed E-state index contributed by atoms with van der Waals surface area (Å²) in [5.41, 5.74) is 0. The Morgan fingerprint density at radius 2 is 1.62 bits per heavy atom. The molecule has 21 heavy (non-hydrogen) atoms. The fourth-order valence-electron chi connectivity index (χ4n) is 1.69. The van der Waals surface area contributed by atoms with Crippen molar-refractivity contribution in [3.63, 3.8) is 0 Å². The topological polar surface area (TPSA) is 111 Å². The Morgan fingerprint density at radius 3 is 2.10 bits per heavy atom. The summed E-state index contributed by atoms with van der Waals surface area (Å²) in [6.07, 6.45) is 1.46. The molecule has 2 rings (SSSR count). The van der Waals surface area contributed by atoms with E-state index in [9.17, 15) is 16.8 Å². The minimum atomic E-state index is -3.85. The molecule has 0 saturated heterocycles. The Bertz CT molecular complexity index is 809. The molecule has 1 aromatic heterocycles. The molecule has 2 aromatic rings. The van der Waals surface area contributed by atoms with Crippen LogP contribution in [0.3, 0.4) is 0 Å². The van der Waals surface area contributed by atoms with Crippen LogP contribution in [0, 0.1) is 0 Å². The molecule has 0 aliphatic heterocycles.